The number of ether oxygens (including phenoxy) is 2. The number of ketones is 1. The fourth-order valence-corrected chi connectivity index (χ4v) is 3.85. The highest BCUT2D eigenvalue weighted by Gasteiger charge is 2.50. The second-order valence-corrected chi connectivity index (χ2v) is 7.74. The van der Waals surface area contributed by atoms with Gasteiger partial charge in [0.2, 0.25) is 0 Å². The first-order chi connectivity index (χ1) is 10.9. The van der Waals surface area contributed by atoms with E-state index in [1.165, 1.54) is 0 Å². The maximum absolute atomic E-state index is 12.6. The minimum Gasteiger partial charge on any atom is -0.396 e. The fourth-order valence-electron chi connectivity index (χ4n) is 3.85. The van der Waals surface area contributed by atoms with E-state index in [1.54, 1.807) is 0 Å². The van der Waals surface area contributed by atoms with Crippen molar-refractivity contribution < 1.29 is 19.4 Å². The number of nitrogens with zero attached hydrogens (tertiary/aromatic N) is 1. The summed E-state index contributed by atoms with van der Waals surface area (Å²) in [5, 5.41) is 9.52. The molecule has 0 aromatic rings. The largest absolute Gasteiger partial charge is 0.396 e. The molecule has 1 aliphatic carbocycles. The molecule has 23 heavy (non-hydrogen) atoms. The van der Waals surface area contributed by atoms with Crippen molar-refractivity contribution >= 4 is 5.78 Å². The third-order valence-electron chi connectivity index (χ3n) is 5.36. The van der Waals surface area contributed by atoms with Crippen molar-refractivity contribution in [1.29, 1.82) is 0 Å². The van der Waals surface area contributed by atoms with Crippen molar-refractivity contribution in [2.75, 3.05) is 32.8 Å². The van der Waals surface area contributed by atoms with Crippen molar-refractivity contribution in [2.24, 2.45) is 11.3 Å². The van der Waals surface area contributed by atoms with E-state index in [-0.39, 0.29) is 29.8 Å². The molecule has 3 atom stereocenters. The second-order valence-electron chi connectivity index (χ2n) is 7.74. The van der Waals surface area contributed by atoms with Crippen LogP contribution in [0.2, 0.25) is 0 Å². The molecule has 2 fully saturated rings. The van der Waals surface area contributed by atoms with Crippen LogP contribution in [0.4, 0.5) is 0 Å². The molecule has 3 unspecified atom stereocenters. The normalized spacial score (nSPS) is 32.2. The minimum absolute atomic E-state index is 0.0310. The summed E-state index contributed by atoms with van der Waals surface area (Å²) in [7, 11) is 0. The molecule has 1 aliphatic heterocycles. The molecule has 0 aromatic heterocycles. The molecule has 1 N–H and O–H groups in total. The number of Topliss-reactive ketones (excluding diaryl/α,β-unsaturated/α-hetero) is 1. The van der Waals surface area contributed by atoms with Crippen LogP contribution in [0.3, 0.4) is 0 Å². The van der Waals surface area contributed by atoms with E-state index in [0.717, 1.165) is 38.9 Å². The summed E-state index contributed by atoms with van der Waals surface area (Å²) in [4.78, 5) is 14.9. The molecule has 1 saturated carbocycles. The van der Waals surface area contributed by atoms with Gasteiger partial charge in [-0.25, -0.2) is 0 Å². The molecule has 0 radical (unpaired) electrons. The van der Waals surface area contributed by atoms with Gasteiger partial charge in [-0.15, -0.1) is 0 Å². The van der Waals surface area contributed by atoms with Gasteiger partial charge in [0.25, 0.3) is 0 Å². The van der Waals surface area contributed by atoms with E-state index in [0.29, 0.717) is 13.0 Å². The number of likely N-dealkylation sites (N-methyl/N-ethyl adjacent to an activating group) is 1. The number of hydrogen-bond donors (Lipinski definition) is 1. The first-order valence-corrected chi connectivity index (χ1v) is 9.03. The van der Waals surface area contributed by atoms with Gasteiger partial charge in [-0.1, -0.05) is 27.7 Å². The van der Waals surface area contributed by atoms with Crippen LogP contribution < -0.4 is 0 Å². The molecular weight excluding hydrogens is 294 g/mol. The van der Waals surface area contributed by atoms with E-state index in [9.17, 15) is 9.90 Å². The van der Waals surface area contributed by atoms with Gasteiger partial charge in [0.1, 0.15) is 5.78 Å². The molecule has 0 aromatic carbocycles. The van der Waals surface area contributed by atoms with Gasteiger partial charge in [-0.2, -0.15) is 0 Å². The Kier molecular flexibility index (Phi) is 6.22. The Balaban J connectivity index is 1.92. The molecule has 0 bridgehead atoms. The first kappa shape index (κ1) is 18.8. The molecule has 2 rings (SSSR count). The second kappa shape index (κ2) is 7.60. The molecule has 2 aliphatic rings. The maximum atomic E-state index is 12.6. The zero-order valence-electron chi connectivity index (χ0n) is 15.1. The molecule has 1 heterocycles. The SMILES string of the molecule is CCCN(CC)CC1COC2(CCC(C(C)(C)CO)C(=O)C2)O1. The van der Waals surface area contributed by atoms with Crippen molar-refractivity contribution in [1.82, 2.24) is 4.90 Å². The Bertz CT molecular complexity index is 412. The highest BCUT2D eigenvalue weighted by atomic mass is 16.7. The van der Waals surface area contributed by atoms with E-state index >= 15 is 0 Å². The lowest BCUT2D eigenvalue weighted by Crippen LogP contribution is -2.46. The molecule has 0 amide bonds. The lowest BCUT2D eigenvalue weighted by atomic mass is 9.69. The van der Waals surface area contributed by atoms with Crippen LogP contribution in [0.5, 0.6) is 0 Å². The van der Waals surface area contributed by atoms with Crippen molar-refractivity contribution in [3.05, 3.63) is 0 Å². The van der Waals surface area contributed by atoms with Crippen molar-refractivity contribution in [2.45, 2.75) is 65.3 Å². The van der Waals surface area contributed by atoms with E-state index in [2.05, 4.69) is 18.7 Å². The van der Waals surface area contributed by atoms with Crippen LogP contribution in [0, 0.1) is 11.3 Å². The Morgan fingerprint density at radius 2 is 2.13 bits per heavy atom. The number of rotatable bonds is 7. The van der Waals surface area contributed by atoms with Crippen LogP contribution in [0.15, 0.2) is 0 Å². The Labute approximate surface area is 140 Å². The van der Waals surface area contributed by atoms with Crippen LogP contribution in [-0.2, 0) is 14.3 Å². The summed E-state index contributed by atoms with van der Waals surface area (Å²) < 4.78 is 12.1. The summed E-state index contributed by atoms with van der Waals surface area (Å²) in [5.74, 6) is -0.649. The van der Waals surface area contributed by atoms with Gasteiger partial charge in [0, 0.05) is 25.5 Å². The third-order valence-corrected chi connectivity index (χ3v) is 5.36. The highest BCUT2D eigenvalue weighted by Crippen LogP contribution is 2.43. The zero-order valence-corrected chi connectivity index (χ0v) is 15.1. The molecule has 1 spiro atoms. The number of aliphatic hydroxyl groups is 1. The van der Waals surface area contributed by atoms with Crippen molar-refractivity contribution in [3.63, 3.8) is 0 Å². The van der Waals surface area contributed by atoms with Crippen molar-refractivity contribution in [3.8, 4) is 0 Å². The monoisotopic (exact) mass is 327 g/mol. The van der Waals surface area contributed by atoms with Crippen LogP contribution in [-0.4, -0.2) is 60.5 Å². The Morgan fingerprint density at radius 1 is 1.39 bits per heavy atom. The predicted molar refractivity (Wildman–Crippen MR) is 89.2 cm³/mol. The highest BCUT2D eigenvalue weighted by molar-refractivity contribution is 5.83. The summed E-state index contributed by atoms with van der Waals surface area (Å²) in [6.07, 6.45) is 2.96. The summed E-state index contributed by atoms with van der Waals surface area (Å²) in [6.45, 7) is 11.8. The van der Waals surface area contributed by atoms with Gasteiger partial charge >= 0.3 is 0 Å². The lowest BCUT2D eigenvalue weighted by Gasteiger charge is -2.40. The average Bonchev–Trinajstić information content (AvgIpc) is 2.88. The summed E-state index contributed by atoms with van der Waals surface area (Å²) >= 11 is 0. The predicted octanol–water partition coefficient (Wildman–Crippen LogP) is 2.22. The average molecular weight is 327 g/mol. The fraction of sp³-hybridized carbons (Fsp3) is 0.944. The van der Waals surface area contributed by atoms with Gasteiger partial charge in [-0.05, 0) is 31.3 Å². The number of carbonyl (C=O) groups excluding carboxylic acids is 1. The van der Waals surface area contributed by atoms with E-state index < -0.39 is 5.79 Å². The van der Waals surface area contributed by atoms with E-state index in [4.69, 9.17) is 9.47 Å². The summed E-state index contributed by atoms with van der Waals surface area (Å²) in [5.41, 5.74) is -0.364. The molecular formula is C18H33NO4. The summed E-state index contributed by atoms with van der Waals surface area (Å²) in [6, 6.07) is 0. The molecule has 5 nitrogen and oxygen atoms in total. The first-order valence-electron chi connectivity index (χ1n) is 9.03. The quantitative estimate of drug-likeness (QED) is 0.777. The number of carbonyl (C=O) groups is 1. The Hall–Kier alpha value is -0.490. The van der Waals surface area contributed by atoms with Crippen LogP contribution in [0.1, 0.15) is 53.4 Å². The lowest BCUT2D eigenvalue weighted by molar-refractivity contribution is -0.198. The number of aliphatic hydroxyl groups excluding tert-OH is 1. The van der Waals surface area contributed by atoms with Gasteiger partial charge < -0.3 is 19.5 Å². The minimum atomic E-state index is -0.713. The van der Waals surface area contributed by atoms with Gasteiger partial charge in [0.05, 0.1) is 19.1 Å². The molecule has 134 valence electrons. The van der Waals surface area contributed by atoms with Gasteiger partial charge in [-0.3, -0.25) is 4.79 Å². The molecule has 5 heteroatoms. The number of hydrogen-bond acceptors (Lipinski definition) is 5. The Morgan fingerprint density at radius 3 is 2.70 bits per heavy atom. The molecule has 1 saturated heterocycles. The third kappa shape index (κ3) is 4.32. The standard InChI is InChI=1S/C18H33NO4/c1-5-9-19(6-2)11-14-12-22-18(23-14)8-7-15(16(21)10-18)17(3,4)13-20/h14-15,20H,5-13H2,1-4H3. The maximum Gasteiger partial charge on any atom is 0.175 e. The topological polar surface area (TPSA) is 59.0 Å². The van der Waals surface area contributed by atoms with Crippen LogP contribution in [0.25, 0.3) is 0 Å². The smallest absolute Gasteiger partial charge is 0.175 e. The zero-order chi connectivity index (χ0) is 17.1. The van der Waals surface area contributed by atoms with Crippen LogP contribution >= 0.6 is 0 Å². The van der Waals surface area contributed by atoms with E-state index in [1.807, 2.05) is 13.8 Å². The van der Waals surface area contributed by atoms with Gasteiger partial charge in [0.15, 0.2) is 5.79 Å².